The Morgan fingerprint density at radius 2 is 1.00 bits per heavy atom. The van der Waals surface area contributed by atoms with Crippen molar-refractivity contribution in [2.75, 3.05) is 0 Å². The van der Waals surface area contributed by atoms with Gasteiger partial charge in [0.15, 0.2) is 0 Å². The Morgan fingerprint density at radius 3 is 1.22 bits per heavy atom. The average molecular weight is 193 g/mol. The van der Waals surface area contributed by atoms with E-state index in [0.29, 0.717) is 0 Å². The third-order valence-corrected chi connectivity index (χ3v) is 1.46. The predicted molar refractivity (Wildman–Crippen MR) is 44.8 cm³/mol. The van der Waals surface area contributed by atoms with Crippen molar-refractivity contribution < 1.29 is 0 Å². The molecule has 56 valence electrons. The molecule has 0 aromatic carbocycles. The van der Waals surface area contributed by atoms with Gasteiger partial charge in [0, 0.05) is 17.1 Å². The van der Waals surface area contributed by atoms with E-state index in [4.69, 9.17) is 0 Å². The van der Waals surface area contributed by atoms with Gasteiger partial charge in [-0.1, -0.05) is 52.4 Å². The molecule has 0 spiro atoms. The molecule has 9 heavy (non-hydrogen) atoms. The van der Waals surface area contributed by atoms with E-state index in [9.17, 15) is 0 Å². The number of hydrogen-bond acceptors (Lipinski definition) is 0. The first-order valence-electron chi connectivity index (χ1n) is 3.91. The quantitative estimate of drug-likeness (QED) is 0.465. The topological polar surface area (TPSA) is 0 Å². The van der Waals surface area contributed by atoms with Gasteiger partial charge in [-0.15, -0.1) is 0 Å². The minimum Gasteiger partial charge on any atom is -0.0654 e. The summed E-state index contributed by atoms with van der Waals surface area (Å²) in [6.07, 6.45) is 8.49. The van der Waals surface area contributed by atoms with Gasteiger partial charge in [0.25, 0.3) is 0 Å². The van der Waals surface area contributed by atoms with Crippen LogP contribution < -0.4 is 0 Å². The minimum atomic E-state index is 0. The molecule has 0 N–H and O–H groups in total. The van der Waals surface area contributed by atoms with E-state index in [1.807, 2.05) is 0 Å². The van der Waals surface area contributed by atoms with Crippen LogP contribution in [0, 0.1) is 0 Å². The van der Waals surface area contributed by atoms with Crippen LogP contribution in [0.5, 0.6) is 0 Å². The van der Waals surface area contributed by atoms with Crippen LogP contribution in [-0.4, -0.2) is 17.1 Å². The monoisotopic (exact) mass is 194 g/mol. The maximum atomic E-state index is 2.26. The zero-order valence-electron chi connectivity index (χ0n) is 6.65. The summed E-state index contributed by atoms with van der Waals surface area (Å²) in [5.74, 6) is 0. The first kappa shape index (κ1) is 12.2. The Balaban J connectivity index is 0. The smallest absolute Gasteiger partial charge is 0 e. The molecule has 0 bridgehead atoms. The molecule has 0 atom stereocenters. The van der Waals surface area contributed by atoms with Crippen LogP contribution in [0.3, 0.4) is 0 Å². The second-order valence-corrected chi connectivity index (χ2v) is 2.41. The Bertz CT molecular complexity index is 29.5. The first-order valence-corrected chi connectivity index (χ1v) is 3.91. The predicted octanol–water partition coefficient (Wildman–Crippen LogP) is 2.99. The second kappa shape index (κ2) is 11.3. The van der Waals surface area contributed by atoms with E-state index in [-0.39, 0.29) is 17.1 Å². The van der Waals surface area contributed by atoms with Crippen LogP contribution in [0.15, 0.2) is 0 Å². The van der Waals surface area contributed by atoms with Gasteiger partial charge in [0.05, 0.1) is 0 Å². The van der Waals surface area contributed by atoms with Crippen molar-refractivity contribution in [3.63, 3.8) is 0 Å². The SMILES string of the molecule is CCCCCCCC.[Se]. The molecular weight excluding hydrogens is 175 g/mol. The van der Waals surface area contributed by atoms with Gasteiger partial charge >= 0.3 is 0 Å². The summed E-state index contributed by atoms with van der Waals surface area (Å²) in [5.41, 5.74) is 0. The Morgan fingerprint density at radius 1 is 0.667 bits per heavy atom. The molecule has 0 nitrogen and oxygen atoms in total. The van der Waals surface area contributed by atoms with Crippen LogP contribution in [0.1, 0.15) is 52.4 Å². The molecule has 2 radical (unpaired) electrons. The molecule has 0 saturated heterocycles. The fourth-order valence-electron chi connectivity index (χ4n) is 0.854. The van der Waals surface area contributed by atoms with Crippen LogP contribution in [0.25, 0.3) is 0 Å². The van der Waals surface area contributed by atoms with E-state index in [1.165, 1.54) is 38.5 Å². The van der Waals surface area contributed by atoms with Crippen molar-refractivity contribution >= 4 is 17.1 Å². The standard InChI is InChI=1S/C8H18.Se/c1-3-5-7-8-6-4-2;/h3-8H2,1-2H3;. The Kier molecular flexibility index (Phi) is 15.4. The Hall–Kier alpha value is 0.519. The molecule has 0 aliphatic heterocycles. The molecule has 0 unspecified atom stereocenters. The van der Waals surface area contributed by atoms with E-state index in [2.05, 4.69) is 13.8 Å². The third kappa shape index (κ3) is 11.9. The van der Waals surface area contributed by atoms with Crippen molar-refractivity contribution in [3.8, 4) is 0 Å². The van der Waals surface area contributed by atoms with Gasteiger partial charge in [-0.25, -0.2) is 0 Å². The zero-order valence-corrected chi connectivity index (χ0v) is 8.36. The van der Waals surface area contributed by atoms with Crippen LogP contribution in [-0.2, 0) is 0 Å². The molecular formula is C8H18Se. The second-order valence-electron chi connectivity index (χ2n) is 2.41. The fourth-order valence-corrected chi connectivity index (χ4v) is 0.854. The van der Waals surface area contributed by atoms with Crippen molar-refractivity contribution in [2.45, 2.75) is 52.4 Å². The van der Waals surface area contributed by atoms with Gasteiger partial charge in [-0.05, 0) is 0 Å². The average Bonchev–Trinajstić information content (AvgIpc) is 1.81. The summed E-state index contributed by atoms with van der Waals surface area (Å²) < 4.78 is 0. The summed E-state index contributed by atoms with van der Waals surface area (Å²) in [6, 6.07) is 0. The van der Waals surface area contributed by atoms with Gasteiger partial charge in [0.2, 0.25) is 0 Å². The third-order valence-electron chi connectivity index (χ3n) is 1.46. The maximum Gasteiger partial charge on any atom is 0 e. The molecule has 0 aromatic heterocycles. The van der Waals surface area contributed by atoms with Crippen LogP contribution in [0.2, 0.25) is 0 Å². The van der Waals surface area contributed by atoms with Gasteiger partial charge in [0.1, 0.15) is 0 Å². The molecule has 0 rings (SSSR count). The van der Waals surface area contributed by atoms with Crippen molar-refractivity contribution in [1.82, 2.24) is 0 Å². The van der Waals surface area contributed by atoms with Crippen molar-refractivity contribution in [2.24, 2.45) is 0 Å². The summed E-state index contributed by atoms with van der Waals surface area (Å²) >= 11 is 0. The summed E-state index contributed by atoms with van der Waals surface area (Å²) in [6.45, 7) is 4.51. The van der Waals surface area contributed by atoms with E-state index in [0.717, 1.165) is 0 Å². The summed E-state index contributed by atoms with van der Waals surface area (Å²) in [5, 5.41) is 0. The van der Waals surface area contributed by atoms with Crippen molar-refractivity contribution in [3.05, 3.63) is 0 Å². The van der Waals surface area contributed by atoms with E-state index in [1.54, 1.807) is 0 Å². The minimum absolute atomic E-state index is 0. The van der Waals surface area contributed by atoms with E-state index < -0.39 is 0 Å². The molecule has 0 heterocycles. The molecule has 0 fully saturated rings. The zero-order chi connectivity index (χ0) is 6.24. The van der Waals surface area contributed by atoms with Gasteiger partial charge < -0.3 is 0 Å². The summed E-state index contributed by atoms with van der Waals surface area (Å²) in [4.78, 5) is 0. The van der Waals surface area contributed by atoms with Gasteiger partial charge in [-0.2, -0.15) is 0 Å². The largest absolute Gasteiger partial charge is 0.0654 e. The van der Waals surface area contributed by atoms with Crippen LogP contribution in [0.4, 0.5) is 0 Å². The first-order chi connectivity index (χ1) is 3.91. The molecule has 1 heteroatoms. The maximum absolute atomic E-state index is 2.26. The molecule has 0 saturated carbocycles. The molecule has 0 aliphatic rings. The number of rotatable bonds is 5. The Labute approximate surface area is 69.9 Å². The van der Waals surface area contributed by atoms with Crippen LogP contribution >= 0.6 is 0 Å². The van der Waals surface area contributed by atoms with Crippen molar-refractivity contribution in [1.29, 1.82) is 0 Å². The number of unbranched alkanes of at least 4 members (excludes halogenated alkanes) is 5. The molecule has 0 aromatic rings. The summed E-state index contributed by atoms with van der Waals surface area (Å²) in [7, 11) is 0. The molecule has 0 amide bonds. The van der Waals surface area contributed by atoms with E-state index >= 15 is 0 Å². The number of hydrogen-bond donors (Lipinski definition) is 0. The molecule has 0 aliphatic carbocycles. The van der Waals surface area contributed by atoms with Gasteiger partial charge in [-0.3, -0.25) is 0 Å². The fraction of sp³-hybridized carbons (Fsp3) is 1.00. The normalized spacial score (nSPS) is 8.67.